The van der Waals surface area contributed by atoms with E-state index in [0.29, 0.717) is 18.5 Å². The Hall–Kier alpha value is -0.610. The van der Waals surface area contributed by atoms with Crippen LogP contribution in [-0.4, -0.2) is 43.0 Å². The maximum absolute atomic E-state index is 10.5. The van der Waals surface area contributed by atoms with Crippen LogP contribution in [-0.2, 0) is 4.79 Å². The molecule has 16 heavy (non-hydrogen) atoms. The van der Waals surface area contributed by atoms with Crippen LogP contribution in [0, 0.1) is 0 Å². The molecular weight excluding hydrogens is 202 g/mol. The minimum atomic E-state index is -0.187. The van der Waals surface area contributed by atoms with E-state index in [2.05, 4.69) is 24.2 Å². The van der Waals surface area contributed by atoms with E-state index >= 15 is 0 Å². The molecule has 0 spiro atoms. The molecule has 3 N–H and O–H groups in total. The Labute approximate surface area is 98.6 Å². The van der Waals surface area contributed by atoms with E-state index in [1.807, 2.05) is 0 Å². The summed E-state index contributed by atoms with van der Waals surface area (Å²) in [6, 6.07) is 1.33. The molecule has 1 heterocycles. The summed E-state index contributed by atoms with van der Waals surface area (Å²) < 4.78 is 0. The second-order valence-electron chi connectivity index (χ2n) is 4.93. The number of nitrogens with one attached hydrogen (secondary N) is 1. The maximum Gasteiger partial charge on any atom is 0.217 e. The molecule has 0 aliphatic carbocycles. The summed E-state index contributed by atoms with van der Waals surface area (Å²) in [5, 5.41) is 3.57. The van der Waals surface area contributed by atoms with Crippen LogP contribution >= 0.6 is 0 Å². The number of hydrogen-bond donors (Lipinski definition) is 2. The number of unbranched alkanes of at least 4 members (excludes halogenated alkanes) is 1. The summed E-state index contributed by atoms with van der Waals surface area (Å²) in [5.74, 6) is -0.187. The van der Waals surface area contributed by atoms with Crippen molar-refractivity contribution >= 4 is 5.91 Å². The molecule has 1 aliphatic heterocycles. The molecule has 1 rings (SSSR count). The van der Waals surface area contributed by atoms with Gasteiger partial charge in [-0.25, -0.2) is 0 Å². The van der Waals surface area contributed by atoms with Crippen molar-refractivity contribution in [1.82, 2.24) is 10.2 Å². The van der Waals surface area contributed by atoms with Gasteiger partial charge in [-0.1, -0.05) is 0 Å². The first-order chi connectivity index (χ1) is 7.59. The highest BCUT2D eigenvalue weighted by atomic mass is 16.1. The molecule has 1 amide bonds. The average molecular weight is 227 g/mol. The van der Waals surface area contributed by atoms with Gasteiger partial charge >= 0.3 is 0 Å². The molecule has 0 saturated carbocycles. The SMILES string of the molecule is CC1CC(NCCCCC(N)=O)CCN1C. The van der Waals surface area contributed by atoms with Crippen LogP contribution in [0.5, 0.6) is 0 Å². The number of carbonyl (C=O) groups excluding carboxylic acids is 1. The molecule has 0 aromatic heterocycles. The Balaban J connectivity index is 2.03. The molecule has 0 bridgehead atoms. The van der Waals surface area contributed by atoms with Crippen molar-refractivity contribution in [2.75, 3.05) is 20.1 Å². The van der Waals surface area contributed by atoms with Gasteiger partial charge in [-0.05, 0) is 52.7 Å². The van der Waals surface area contributed by atoms with Gasteiger partial charge in [0.1, 0.15) is 0 Å². The third-order valence-corrected chi connectivity index (χ3v) is 3.49. The zero-order valence-corrected chi connectivity index (χ0v) is 10.5. The fourth-order valence-corrected chi connectivity index (χ4v) is 2.21. The Morgan fingerprint density at radius 2 is 2.25 bits per heavy atom. The normalized spacial score (nSPS) is 26.9. The number of primary amides is 1. The van der Waals surface area contributed by atoms with Crippen molar-refractivity contribution in [3.05, 3.63) is 0 Å². The molecule has 1 saturated heterocycles. The van der Waals surface area contributed by atoms with Gasteiger partial charge < -0.3 is 16.0 Å². The van der Waals surface area contributed by atoms with Gasteiger partial charge in [0.15, 0.2) is 0 Å². The van der Waals surface area contributed by atoms with Crippen LogP contribution in [0.4, 0.5) is 0 Å². The summed E-state index contributed by atoms with van der Waals surface area (Å²) in [6.45, 7) is 4.47. The largest absolute Gasteiger partial charge is 0.370 e. The number of piperidine rings is 1. The fraction of sp³-hybridized carbons (Fsp3) is 0.917. The predicted octanol–water partition coefficient (Wildman–Crippen LogP) is 0.714. The van der Waals surface area contributed by atoms with Crippen molar-refractivity contribution in [1.29, 1.82) is 0 Å². The second-order valence-corrected chi connectivity index (χ2v) is 4.93. The number of likely N-dealkylation sites (tertiary alicyclic amines) is 1. The molecule has 4 nitrogen and oxygen atoms in total. The number of nitrogens with two attached hydrogens (primary N) is 1. The van der Waals surface area contributed by atoms with Gasteiger partial charge in [-0.2, -0.15) is 0 Å². The van der Waals surface area contributed by atoms with E-state index in [-0.39, 0.29) is 5.91 Å². The number of rotatable bonds is 6. The van der Waals surface area contributed by atoms with Crippen molar-refractivity contribution in [2.24, 2.45) is 5.73 Å². The van der Waals surface area contributed by atoms with Crippen LogP contribution in [0.1, 0.15) is 39.0 Å². The first-order valence-corrected chi connectivity index (χ1v) is 6.31. The molecule has 0 aromatic rings. The van der Waals surface area contributed by atoms with Crippen LogP contribution < -0.4 is 11.1 Å². The van der Waals surface area contributed by atoms with Crippen molar-refractivity contribution < 1.29 is 4.79 Å². The lowest BCUT2D eigenvalue weighted by atomic mass is 9.99. The lowest BCUT2D eigenvalue weighted by Gasteiger charge is -2.35. The van der Waals surface area contributed by atoms with Crippen LogP contribution in [0.25, 0.3) is 0 Å². The van der Waals surface area contributed by atoms with Gasteiger partial charge in [0.25, 0.3) is 0 Å². The fourth-order valence-electron chi connectivity index (χ4n) is 2.21. The number of nitrogens with zero attached hydrogens (tertiary/aromatic N) is 1. The van der Waals surface area contributed by atoms with E-state index in [4.69, 9.17) is 5.73 Å². The van der Waals surface area contributed by atoms with E-state index in [9.17, 15) is 4.79 Å². The second kappa shape index (κ2) is 6.86. The van der Waals surface area contributed by atoms with Crippen molar-refractivity contribution in [3.63, 3.8) is 0 Å². The van der Waals surface area contributed by atoms with Crippen LogP contribution in [0.15, 0.2) is 0 Å². The van der Waals surface area contributed by atoms with Gasteiger partial charge in [-0.15, -0.1) is 0 Å². The van der Waals surface area contributed by atoms with Gasteiger partial charge in [-0.3, -0.25) is 4.79 Å². The Bertz CT molecular complexity index is 220. The Morgan fingerprint density at radius 3 is 2.88 bits per heavy atom. The van der Waals surface area contributed by atoms with Crippen LogP contribution in [0.2, 0.25) is 0 Å². The van der Waals surface area contributed by atoms with Gasteiger partial charge in [0.05, 0.1) is 0 Å². The lowest BCUT2D eigenvalue weighted by molar-refractivity contribution is -0.118. The Morgan fingerprint density at radius 1 is 1.50 bits per heavy atom. The summed E-state index contributed by atoms with van der Waals surface area (Å²) >= 11 is 0. The third kappa shape index (κ3) is 4.94. The van der Waals surface area contributed by atoms with Gasteiger partial charge in [0, 0.05) is 18.5 Å². The minimum Gasteiger partial charge on any atom is -0.370 e. The minimum absolute atomic E-state index is 0.187. The zero-order valence-electron chi connectivity index (χ0n) is 10.5. The highest BCUT2D eigenvalue weighted by Crippen LogP contribution is 2.15. The molecule has 94 valence electrons. The number of amides is 1. The van der Waals surface area contributed by atoms with E-state index < -0.39 is 0 Å². The van der Waals surface area contributed by atoms with E-state index in [1.54, 1.807) is 0 Å². The molecule has 1 fully saturated rings. The zero-order chi connectivity index (χ0) is 12.0. The summed E-state index contributed by atoms with van der Waals surface area (Å²) in [6.07, 6.45) is 4.93. The monoisotopic (exact) mass is 227 g/mol. The summed E-state index contributed by atoms with van der Waals surface area (Å²) in [4.78, 5) is 12.9. The molecule has 2 atom stereocenters. The summed E-state index contributed by atoms with van der Waals surface area (Å²) in [5.41, 5.74) is 5.09. The standard InChI is InChI=1S/C12H25N3O/c1-10-9-11(6-8-15(10)2)14-7-4-3-5-12(13)16/h10-11,14H,3-9H2,1-2H3,(H2,13,16). The molecular formula is C12H25N3O. The number of hydrogen-bond acceptors (Lipinski definition) is 3. The van der Waals surface area contributed by atoms with E-state index in [1.165, 1.54) is 19.4 Å². The maximum atomic E-state index is 10.5. The van der Waals surface area contributed by atoms with Crippen LogP contribution in [0.3, 0.4) is 0 Å². The predicted molar refractivity (Wildman–Crippen MR) is 66.2 cm³/mol. The number of carbonyl (C=O) groups is 1. The smallest absolute Gasteiger partial charge is 0.217 e. The highest BCUT2D eigenvalue weighted by Gasteiger charge is 2.21. The lowest BCUT2D eigenvalue weighted by Crippen LogP contribution is -2.45. The first kappa shape index (κ1) is 13.5. The Kier molecular flexibility index (Phi) is 5.77. The van der Waals surface area contributed by atoms with Crippen molar-refractivity contribution in [2.45, 2.75) is 51.1 Å². The quantitative estimate of drug-likeness (QED) is 0.657. The molecule has 0 radical (unpaired) electrons. The molecule has 1 aliphatic rings. The first-order valence-electron chi connectivity index (χ1n) is 6.31. The molecule has 0 aromatic carbocycles. The average Bonchev–Trinajstić information content (AvgIpc) is 2.22. The summed E-state index contributed by atoms with van der Waals surface area (Å²) in [7, 11) is 2.19. The highest BCUT2D eigenvalue weighted by molar-refractivity contribution is 5.73. The van der Waals surface area contributed by atoms with E-state index in [0.717, 1.165) is 19.4 Å². The molecule has 4 heteroatoms. The van der Waals surface area contributed by atoms with Gasteiger partial charge in [0.2, 0.25) is 5.91 Å². The molecule has 2 unspecified atom stereocenters. The topological polar surface area (TPSA) is 58.4 Å². The third-order valence-electron chi connectivity index (χ3n) is 3.49. The van der Waals surface area contributed by atoms with Crippen molar-refractivity contribution in [3.8, 4) is 0 Å².